The van der Waals surface area contributed by atoms with Crippen molar-refractivity contribution in [2.75, 3.05) is 23.7 Å². The number of pyridine rings is 1. The number of aromatic nitrogens is 3. The fourth-order valence-electron chi connectivity index (χ4n) is 3.02. The number of hydrogen-bond donors (Lipinski definition) is 2. The van der Waals surface area contributed by atoms with Gasteiger partial charge in [-0.2, -0.15) is 4.31 Å². The molecule has 32 heavy (non-hydrogen) atoms. The van der Waals surface area contributed by atoms with Crippen LogP contribution in [-0.2, 0) is 10.0 Å². The van der Waals surface area contributed by atoms with E-state index in [2.05, 4.69) is 25.6 Å². The van der Waals surface area contributed by atoms with E-state index in [4.69, 9.17) is 0 Å². The van der Waals surface area contributed by atoms with E-state index >= 15 is 0 Å². The van der Waals surface area contributed by atoms with Crippen LogP contribution in [0.5, 0.6) is 0 Å². The van der Waals surface area contributed by atoms with Crippen molar-refractivity contribution < 1.29 is 13.3 Å². The van der Waals surface area contributed by atoms with Crippen molar-refractivity contribution in [2.45, 2.75) is 25.7 Å². The molecule has 11 nitrogen and oxygen atoms in total. The normalized spacial score (nSPS) is 11.4. The molecule has 0 bridgehead atoms. The van der Waals surface area contributed by atoms with Crippen LogP contribution in [0.2, 0.25) is 0 Å². The highest BCUT2D eigenvalue weighted by Crippen LogP contribution is 2.33. The molecule has 2 aromatic heterocycles. The second-order valence-corrected chi connectivity index (χ2v) is 8.65. The Hall–Kier alpha value is -3.64. The predicted molar refractivity (Wildman–Crippen MR) is 121 cm³/mol. The zero-order chi connectivity index (χ0) is 23.3. The van der Waals surface area contributed by atoms with Gasteiger partial charge in [0.2, 0.25) is 21.7 Å². The molecule has 0 aliphatic rings. The van der Waals surface area contributed by atoms with Gasteiger partial charge < -0.3 is 10.6 Å². The van der Waals surface area contributed by atoms with Crippen LogP contribution in [-0.4, -0.2) is 45.7 Å². The monoisotopic (exact) mass is 457 g/mol. The lowest BCUT2D eigenvalue weighted by Gasteiger charge is -2.18. The summed E-state index contributed by atoms with van der Waals surface area (Å²) in [5, 5.41) is 17.5. The highest BCUT2D eigenvalue weighted by atomic mass is 32.2. The highest BCUT2D eigenvalue weighted by molar-refractivity contribution is 7.89. The third kappa shape index (κ3) is 4.81. The molecule has 0 aliphatic carbocycles. The molecule has 168 valence electrons. The number of nitrogens with zero attached hydrogens (tertiary/aromatic N) is 5. The predicted octanol–water partition coefficient (Wildman–Crippen LogP) is 3.61. The van der Waals surface area contributed by atoms with Crippen molar-refractivity contribution in [1.82, 2.24) is 19.3 Å². The lowest BCUT2D eigenvalue weighted by Crippen LogP contribution is -2.30. The number of nitrogens with one attached hydrogen (secondary N) is 2. The summed E-state index contributed by atoms with van der Waals surface area (Å²) >= 11 is 0. The Kier molecular flexibility index (Phi) is 6.95. The van der Waals surface area contributed by atoms with E-state index in [-0.39, 0.29) is 22.2 Å². The Balaban J connectivity index is 1.91. The molecule has 0 unspecified atom stereocenters. The third-order valence-corrected chi connectivity index (χ3v) is 6.78. The highest BCUT2D eigenvalue weighted by Gasteiger charge is 2.25. The first-order chi connectivity index (χ1) is 15.3. The Morgan fingerprint density at radius 2 is 1.59 bits per heavy atom. The lowest BCUT2D eigenvalue weighted by atomic mass is 10.3. The minimum atomic E-state index is -3.60. The Morgan fingerprint density at radius 1 is 0.969 bits per heavy atom. The molecule has 0 atom stereocenters. The number of rotatable bonds is 9. The molecular formula is C20H23N7O4S. The number of sulfonamides is 1. The fraction of sp³-hybridized carbons (Fsp3) is 0.250. The van der Waals surface area contributed by atoms with Gasteiger partial charge in [0.25, 0.3) is 0 Å². The Bertz CT molecular complexity index is 1210. The maximum Gasteiger partial charge on any atom is 0.353 e. The summed E-state index contributed by atoms with van der Waals surface area (Å²) in [5.41, 5.74) is 0.863. The van der Waals surface area contributed by atoms with Crippen molar-refractivity contribution in [3.8, 4) is 0 Å². The van der Waals surface area contributed by atoms with E-state index in [1.165, 1.54) is 34.9 Å². The number of nitro groups is 1. The zero-order valence-electron chi connectivity index (χ0n) is 17.8. The van der Waals surface area contributed by atoms with Crippen molar-refractivity contribution in [3.63, 3.8) is 0 Å². The van der Waals surface area contributed by atoms with Gasteiger partial charge in [-0.05, 0) is 42.8 Å². The van der Waals surface area contributed by atoms with Gasteiger partial charge in [0.15, 0.2) is 0 Å². The van der Waals surface area contributed by atoms with Crippen LogP contribution >= 0.6 is 0 Å². The first kappa shape index (κ1) is 23.0. The zero-order valence-corrected chi connectivity index (χ0v) is 18.6. The number of anilines is 4. The van der Waals surface area contributed by atoms with Gasteiger partial charge in [0.1, 0.15) is 12.1 Å². The van der Waals surface area contributed by atoms with Crippen molar-refractivity contribution in [2.24, 2.45) is 0 Å². The molecule has 0 aliphatic heterocycles. The van der Waals surface area contributed by atoms with E-state index in [1.807, 2.05) is 13.0 Å². The van der Waals surface area contributed by atoms with Crippen LogP contribution in [0.1, 0.15) is 19.4 Å². The summed E-state index contributed by atoms with van der Waals surface area (Å²) in [7, 11) is -3.60. The topological polar surface area (TPSA) is 143 Å². The molecule has 0 amide bonds. The summed E-state index contributed by atoms with van der Waals surface area (Å²) in [6, 6.07) is 9.51. The first-order valence-electron chi connectivity index (χ1n) is 9.83. The molecule has 2 heterocycles. The molecule has 1 aromatic carbocycles. The second kappa shape index (κ2) is 9.66. The maximum atomic E-state index is 12.6. The van der Waals surface area contributed by atoms with Crippen LogP contribution in [0.25, 0.3) is 0 Å². The van der Waals surface area contributed by atoms with Gasteiger partial charge in [-0.25, -0.2) is 23.4 Å². The molecule has 3 rings (SSSR count). The summed E-state index contributed by atoms with van der Waals surface area (Å²) in [5.74, 6) is 0.377. The number of aryl methyl sites for hydroxylation is 1. The minimum absolute atomic E-state index is 0.0185. The van der Waals surface area contributed by atoms with Crippen molar-refractivity contribution in [1.29, 1.82) is 0 Å². The van der Waals surface area contributed by atoms with Gasteiger partial charge >= 0.3 is 5.69 Å². The van der Waals surface area contributed by atoms with Gasteiger partial charge in [0.05, 0.1) is 9.82 Å². The van der Waals surface area contributed by atoms with Gasteiger partial charge in [-0.3, -0.25) is 10.1 Å². The van der Waals surface area contributed by atoms with Crippen LogP contribution in [0.3, 0.4) is 0 Å². The fourth-order valence-corrected chi connectivity index (χ4v) is 4.48. The SMILES string of the molecule is CCN(CC)S(=O)(=O)c1ccc(Nc2ncnc(Nc3ncccc3C)c2[N+](=O)[O-])cc1. The number of hydrogen-bond acceptors (Lipinski definition) is 9. The van der Waals surface area contributed by atoms with Gasteiger partial charge in [0, 0.05) is 25.0 Å². The molecule has 2 N–H and O–H groups in total. The summed E-state index contributed by atoms with van der Waals surface area (Å²) < 4.78 is 26.6. The smallest absolute Gasteiger partial charge is 0.334 e. The quantitative estimate of drug-likeness (QED) is 0.364. The van der Waals surface area contributed by atoms with Crippen LogP contribution in [0.15, 0.2) is 53.8 Å². The molecular weight excluding hydrogens is 434 g/mol. The minimum Gasteiger partial charge on any atom is -0.334 e. The molecule has 0 saturated carbocycles. The molecule has 0 saturated heterocycles. The van der Waals surface area contributed by atoms with Crippen LogP contribution in [0.4, 0.5) is 28.8 Å². The third-order valence-electron chi connectivity index (χ3n) is 4.71. The van der Waals surface area contributed by atoms with Crippen molar-refractivity contribution in [3.05, 3.63) is 64.6 Å². The van der Waals surface area contributed by atoms with E-state index in [9.17, 15) is 18.5 Å². The Labute approximate surface area is 185 Å². The van der Waals surface area contributed by atoms with Crippen molar-refractivity contribution >= 4 is 38.9 Å². The van der Waals surface area contributed by atoms with E-state index in [0.717, 1.165) is 5.56 Å². The summed E-state index contributed by atoms with van der Waals surface area (Å²) in [6.07, 6.45) is 2.75. The summed E-state index contributed by atoms with van der Waals surface area (Å²) in [4.78, 5) is 23.5. The second-order valence-electron chi connectivity index (χ2n) is 6.71. The van der Waals surface area contributed by atoms with Gasteiger partial charge in [-0.1, -0.05) is 19.9 Å². The molecule has 0 radical (unpaired) electrons. The van der Waals surface area contributed by atoms with E-state index in [0.29, 0.717) is 24.6 Å². The summed E-state index contributed by atoms with van der Waals surface area (Å²) in [6.45, 7) is 6.07. The first-order valence-corrected chi connectivity index (χ1v) is 11.3. The average Bonchev–Trinajstić information content (AvgIpc) is 2.76. The average molecular weight is 458 g/mol. The van der Waals surface area contributed by atoms with Crippen LogP contribution in [0, 0.1) is 17.0 Å². The van der Waals surface area contributed by atoms with E-state index in [1.54, 1.807) is 26.1 Å². The van der Waals surface area contributed by atoms with Crippen LogP contribution < -0.4 is 10.6 Å². The molecule has 0 fully saturated rings. The standard InChI is InChI=1S/C20H23N7O4S/c1-4-26(5-2)32(30,31)16-10-8-15(9-11-16)24-19-17(27(28)29)20(23-13-22-19)25-18-14(3)7-6-12-21-18/h6-13H,4-5H2,1-3H3,(H2,21,22,23,24,25). The lowest BCUT2D eigenvalue weighted by molar-refractivity contribution is -0.383. The maximum absolute atomic E-state index is 12.6. The Morgan fingerprint density at radius 3 is 2.16 bits per heavy atom. The number of benzene rings is 1. The molecule has 12 heteroatoms. The van der Waals surface area contributed by atoms with Gasteiger partial charge in [-0.15, -0.1) is 0 Å². The molecule has 0 spiro atoms. The van der Waals surface area contributed by atoms with E-state index < -0.39 is 14.9 Å². The largest absolute Gasteiger partial charge is 0.353 e. The molecule has 3 aromatic rings.